The van der Waals surface area contributed by atoms with Gasteiger partial charge in [-0.1, -0.05) is 18.2 Å². The van der Waals surface area contributed by atoms with Crippen LogP contribution in [0.3, 0.4) is 0 Å². The van der Waals surface area contributed by atoms with Crippen LogP contribution in [-0.4, -0.2) is 43.1 Å². The van der Waals surface area contributed by atoms with Gasteiger partial charge in [0.05, 0.1) is 6.61 Å². The van der Waals surface area contributed by atoms with E-state index in [0.29, 0.717) is 19.7 Å². The van der Waals surface area contributed by atoms with Crippen LogP contribution in [0, 0.1) is 5.92 Å². The molecule has 0 aliphatic carbocycles. The molecule has 2 amide bonds. The highest BCUT2D eigenvalue weighted by atomic mass is 16.6. The summed E-state index contributed by atoms with van der Waals surface area (Å²) in [4.78, 5) is 28.3. The van der Waals surface area contributed by atoms with E-state index in [1.54, 1.807) is 4.90 Å². The van der Waals surface area contributed by atoms with E-state index < -0.39 is 0 Å². The van der Waals surface area contributed by atoms with Crippen molar-refractivity contribution in [1.29, 1.82) is 0 Å². The zero-order valence-electron chi connectivity index (χ0n) is 13.7. The second-order valence-corrected chi connectivity index (χ2v) is 6.18. The van der Waals surface area contributed by atoms with E-state index in [9.17, 15) is 9.59 Å². The average Bonchev–Trinajstić information content (AvgIpc) is 2.61. The fourth-order valence-corrected chi connectivity index (χ4v) is 3.51. The van der Waals surface area contributed by atoms with Crippen molar-refractivity contribution in [3.05, 3.63) is 29.8 Å². The van der Waals surface area contributed by atoms with Gasteiger partial charge in [-0.2, -0.15) is 0 Å². The van der Waals surface area contributed by atoms with Gasteiger partial charge in [0.1, 0.15) is 0 Å². The Morgan fingerprint density at radius 3 is 2.65 bits per heavy atom. The highest BCUT2D eigenvalue weighted by Crippen LogP contribution is 2.30. The average molecular weight is 316 g/mol. The molecule has 0 aromatic heterocycles. The van der Waals surface area contributed by atoms with Crippen LogP contribution in [0.5, 0.6) is 0 Å². The van der Waals surface area contributed by atoms with Crippen LogP contribution >= 0.6 is 0 Å². The standard InChI is InChI=1S/C18H24N2O3/c1-2-23-18(22)19-12-9-15(10-13-19)17(21)20-11-5-7-14-6-3-4-8-16(14)20/h3-4,6,8,15H,2,5,7,9-13H2,1H3. The molecule has 0 spiro atoms. The fraction of sp³-hybridized carbons (Fsp3) is 0.556. The lowest BCUT2D eigenvalue weighted by molar-refractivity contribution is -0.123. The first kappa shape index (κ1) is 15.8. The second-order valence-electron chi connectivity index (χ2n) is 6.18. The van der Waals surface area contributed by atoms with Gasteiger partial charge in [-0.25, -0.2) is 4.79 Å². The van der Waals surface area contributed by atoms with Gasteiger partial charge in [-0.05, 0) is 44.2 Å². The lowest BCUT2D eigenvalue weighted by atomic mass is 9.93. The summed E-state index contributed by atoms with van der Waals surface area (Å²) in [7, 11) is 0. The first-order chi connectivity index (χ1) is 11.2. The summed E-state index contributed by atoms with van der Waals surface area (Å²) < 4.78 is 5.03. The second kappa shape index (κ2) is 7.02. The summed E-state index contributed by atoms with van der Waals surface area (Å²) in [5.41, 5.74) is 2.33. The van der Waals surface area contributed by atoms with Crippen molar-refractivity contribution in [2.24, 2.45) is 5.92 Å². The number of carbonyl (C=O) groups is 2. The van der Waals surface area contributed by atoms with Gasteiger partial charge < -0.3 is 14.5 Å². The molecular formula is C18H24N2O3. The van der Waals surface area contributed by atoms with E-state index in [-0.39, 0.29) is 17.9 Å². The number of ether oxygens (including phenoxy) is 1. The van der Waals surface area contributed by atoms with Gasteiger partial charge in [0, 0.05) is 31.2 Å². The third kappa shape index (κ3) is 3.33. The largest absolute Gasteiger partial charge is 0.450 e. The minimum absolute atomic E-state index is 0.00633. The molecule has 124 valence electrons. The number of amides is 2. The van der Waals surface area contributed by atoms with Crippen LogP contribution in [-0.2, 0) is 16.0 Å². The molecule has 1 aromatic rings. The van der Waals surface area contributed by atoms with E-state index in [1.165, 1.54) is 5.56 Å². The minimum atomic E-state index is -0.262. The Balaban J connectivity index is 1.63. The molecule has 2 heterocycles. The topological polar surface area (TPSA) is 49.9 Å². The van der Waals surface area contributed by atoms with E-state index in [4.69, 9.17) is 4.74 Å². The molecule has 0 atom stereocenters. The summed E-state index contributed by atoms with van der Waals surface area (Å²) in [5.74, 6) is 0.215. The predicted octanol–water partition coefficient (Wildman–Crippen LogP) is 2.83. The maximum atomic E-state index is 12.9. The Labute approximate surface area is 137 Å². The van der Waals surface area contributed by atoms with Gasteiger partial charge in [-0.3, -0.25) is 4.79 Å². The van der Waals surface area contributed by atoms with Crippen molar-refractivity contribution in [2.75, 3.05) is 31.1 Å². The lowest BCUT2D eigenvalue weighted by Gasteiger charge is -2.36. The maximum Gasteiger partial charge on any atom is 0.409 e. The quantitative estimate of drug-likeness (QED) is 0.843. The number of para-hydroxylation sites is 1. The molecule has 2 aliphatic rings. The molecule has 5 nitrogen and oxygen atoms in total. The van der Waals surface area contributed by atoms with Crippen LogP contribution in [0.25, 0.3) is 0 Å². The van der Waals surface area contributed by atoms with Gasteiger partial charge in [0.25, 0.3) is 0 Å². The zero-order chi connectivity index (χ0) is 16.2. The monoisotopic (exact) mass is 316 g/mol. The number of hydrogen-bond acceptors (Lipinski definition) is 3. The Morgan fingerprint density at radius 1 is 1.17 bits per heavy atom. The number of carbonyl (C=O) groups excluding carboxylic acids is 2. The van der Waals surface area contributed by atoms with Crippen LogP contribution < -0.4 is 4.90 Å². The molecule has 3 rings (SSSR count). The molecule has 2 aliphatic heterocycles. The number of piperidine rings is 1. The molecule has 1 saturated heterocycles. The molecule has 0 N–H and O–H groups in total. The maximum absolute atomic E-state index is 12.9. The first-order valence-corrected chi connectivity index (χ1v) is 8.51. The van der Waals surface area contributed by atoms with Crippen molar-refractivity contribution in [1.82, 2.24) is 4.90 Å². The van der Waals surface area contributed by atoms with E-state index in [0.717, 1.165) is 37.9 Å². The van der Waals surface area contributed by atoms with Crippen molar-refractivity contribution in [2.45, 2.75) is 32.6 Å². The highest BCUT2D eigenvalue weighted by Gasteiger charge is 2.32. The number of nitrogens with zero attached hydrogens (tertiary/aromatic N) is 2. The molecule has 5 heteroatoms. The number of aryl methyl sites for hydroxylation is 1. The van der Waals surface area contributed by atoms with Crippen molar-refractivity contribution >= 4 is 17.7 Å². The molecule has 0 unspecified atom stereocenters. The number of rotatable bonds is 2. The Kier molecular flexibility index (Phi) is 4.84. The van der Waals surface area contributed by atoms with Crippen molar-refractivity contribution < 1.29 is 14.3 Å². The number of hydrogen-bond donors (Lipinski definition) is 0. The summed E-state index contributed by atoms with van der Waals surface area (Å²) >= 11 is 0. The summed E-state index contributed by atoms with van der Waals surface area (Å²) in [6.07, 6.45) is 3.24. The van der Waals surface area contributed by atoms with Crippen molar-refractivity contribution in [3.63, 3.8) is 0 Å². The van der Waals surface area contributed by atoms with Crippen LogP contribution in [0.2, 0.25) is 0 Å². The molecule has 0 radical (unpaired) electrons. The van der Waals surface area contributed by atoms with Gasteiger partial charge in [0.15, 0.2) is 0 Å². The predicted molar refractivity (Wildman–Crippen MR) is 88.4 cm³/mol. The number of anilines is 1. The number of benzene rings is 1. The lowest BCUT2D eigenvalue weighted by Crippen LogP contribution is -2.46. The molecule has 1 fully saturated rings. The van der Waals surface area contributed by atoms with Crippen molar-refractivity contribution in [3.8, 4) is 0 Å². The number of likely N-dealkylation sites (tertiary alicyclic amines) is 1. The van der Waals surface area contributed by atoms with Crippen LogP contribution in [0.15, 0.2) is 24.3 Å². The van der Waals surface area contributed by atoms with Crippen LogP contribution in [0.1, 0.15) is 31.7 Å². The van der Waals surface area contributed by atoms with Gasteiger partial charge >= 0.3 is 6.09 Å². The first-order valence-electron chi connectivity index (χ1n) is 8.51. The fourth-order valence-electron chi connectivity index (χ4n) is 3.51. The summed E-state index contributed by atoms with van der Waals surface area (Å²) in [6.45, 7) is 4.20. The summed E-state index contributed by atoms with van der Waals surface area (Å²) in [5, 5.41) is 0. The molecule has 0 saturated carbocycles. The smallest absolute Gasteiger partial charge is 0.409 e. The van der Waals surface area contributed by atoms with Gasteiger partial charge in [0.2, 0.25) is 5.91 Å². The Bertz CT molecular complexity index is 579. The van der Waals surface area contributed by atoms with Crippen LogP contribution in [0.4, 0.5) is 10.5 Å². The SMILES string of the molecule is CCOC(=O)N1CCC(C(=O)N2CCCc3ccccc32)CC1. The third-order valence-electron chi connectivity index (χ3n) is 4.75. The zero-order valence-corrected chi connectivity index (χ0v) is 13.7. The minimum Gasteiger partial charge on any atom is -0.450 e. The normalized spacial score (nSPS) is 18.5. The van der Waals surface area contributed by atoms with E-state index in [1.807, 2.05) is 30.0 Å². The van der Waals surface area contributed by atoms with E-state index >= 15 is 0 Å². The number of fused-ring (bicyclic) bond motifs is 1. The molecular weight excluding hydrogens is 292 g/mol. The molecule has 1 aromatic carbocycles. The Morgan fingerprint density at radius 2 is 1.91 bits per heavy atom. The summed E-state index contributed by atoms with van der Waals surface area (Å²) in [6, 6.07) is 8.18. The molecule has 0 bridgehead atoms. The Hall–Kier alpha value is -2.04. The third-order valence-corrected chi connectivity index (χ3v) is 4.75. The van der Waals surface area contributed by atoms with E-state index in [2.05, 4.69) is 6.07 Å². The van der Waals surface area contributed by atoms with Gasteiger partial charge in [-0.15, -0.1) is 0 Å². The molecule has 23 heavy (non-hydrogen) atoms. The highest BCUT2D eigenvalue weighted by molar-refractivity contribution is 5.96.